The Kier molecular flexibility index (Phi) is 6.44. The maximum Gasteiger partial charge on any atom is 0.143 e. The van der Waals surface area contributed by atoms with Gasteiger partial charge in [0.25, 0.3) is 0 Å². The van der Waals surface area contributed by atoms with Crippen LogP contribution in [0.1, 0.15) is 37.1 Å². The molecule has 0 saturated heterocycles. The van der Waals surface area contributed by atoms with Crippen LogP contribution in [0.15, 0.2) is 78.5 Å². The number of anilines is 1. The molecule has 1 aliphatic carbocycles. The van der Waals surface area contributed by atoms with Crippen LogP contribution in [0.2, 0.25) is 0 Å². The molecule has 4 heteroatoms. The van der Waals surface area contributed by atoms with Crippen LogP contribution >= 0.6 is 0 Å². The van der Waals surface area contributed by atoms with Gasteiger partial charge in [0.2, 0.25) is 0 Å². The number of hydrogen-bond donors (Lipinski definition) is 2. The third kappa shape index (κ3) is 5.31. The van der Waals surface area contributed by atoms with E-state index in [4.69, 9.17) is 10.5 Å². The van der Waals surface area contributed by atoms with Gasteiger partial charge in [-0.05, 0) is 55.2 Å². The predicted molar refractivity (Wildman–Crippen MR) is 109 cm³/mol. The number of benzene rings is 1. The molecular weight excluding hydrogens is 336 g/mol. The number of nitrogen functional groups attached to an aromatic ring is 1. The van der Waals surface area contributed by atoms with Gasteiger partial charge in [0.15, 0.2) is 0 Å². The molecule has 1 aromatic heterocycles. The van der Waals surface area contributed by atoms with Gasteiger partial charge in [0.1, 0.15) is 11.9 Å². The fourth-order valence-electron chi connectivity index (χ4n) is 2.98. The molecule has 27 heavy (non-hydrogen) atoms. The molecule has 2 unspecified atom stereocenters. The van der Waals surface area contributed by atoms with Crippen molar-refractivity contribution in [3.8, 4) is 5.75 Å². The Hall–Kier alpha value is -2.85. The number of nitrogens with zero attached hydrogens (tertiary/aromatic N) is 1. The summed E-state index contributed by atoms with van der Waals surface area (Å²) in [6.45, 7) is 2.01. The average molecular weight is 362 g/mol. The monoisotopic (exact) mass is 362 g/mol. The summed E-state index contributed by atoms with van der Waals surface area (Å²) < 4.78 is 6.13. The minimum atomic E-state index is -0.665. The van der Waals surface area contributed by atoms with Crippen LogP contribution in [0.5, 0.6) is 5.75 Å². The summed E-state index contributed by atoms with van der Waals surface area (Å²) in [5, 5.41) is 10.4. The fourth-order valence-corrected chi connectivity index (χ4v) is 2.98. The molecule has 2 atom stereocenters. The first kappa shape index (κ1) is 18.9. The van der Waals surface area contributed by atoms with Crippen molar-refractivity contribution in [2.75, 3.05) is 5.73 Å². The van der Waals surface area contributed by atoms with Crippen LogP contribution in [0.25, 0.3) is 0 Å². The van der Waals surface area contributed by atoms with E-state index in [1.807, 2.05) is 43.3 Å². The van der Waals surface area contributed by atoms with Gasteiger partial charge in [0, 0.05) is 12.6 Å². The van der Waals surface area contributed by atoms with Crippen molar-refractivity contribution in [1.29, 1.82) is 0 Å². The first-order valence-corrected chi connectivity index (χ1v) is 9.31. The first-order valence-electron chi connectivity index (χ1n) is 9.31. The minimum absolute atomic E-state index is 0.123. The maximum atomic E-state index is 10.4. The summed E-state index contributed by atoms with van der Waals surface area (Å²) in [4.78, 5) is 4.21. The molecule has 3 rings (SSSR count). The van der Waals surface area contributed by atoms with Crippen molar-refractivity contribution in [1.82, 2.24) is 4.98 Å². The van der Waals surface area contributed by atoms with Crippen LogP contribution in [0.3, 0.4) is 0 Å². The van der Waals surface area contributed by atoms with Gasteiger partial charge in [-0.1, -0.05) is 42.5 Å². The summed E-state index contributed by atoms with van der Waals surface area (Å²) in [7, 11) is 0. The quantitative estimate of drug-likeness (QED) is 0.740. The highest BCUT2D eigenvalue weighted by atomic mass is 16.5. The second kappa shape index (κ2) is 9.19. The molecule has 0 bridgehead atoms. The molecule has 4 nitrogen and oxygen atoms in total. The smallest absolute Gasteiger partial charge is 0.143 e. The Morgan fingerprint density at radius 3 is 2.85 bits per heavy atom. The lowest BCUT2D eigenvalue weighted by atomic mass is 10.0. The summed E-state index contributed by atoms with van der Waals surface area (Å²) >= 11 is 0. The summed E-state index contributed by atoms with van der Waals surface area (Å²) in [5.41, 5.74) is 9.41. The van der Waals surface area contributed by atoms with Crippen LogP contribution in [0, 0.1) is 0 Å². The van der Waals surface area contributed by atoms with E-state index in [-0.39, 0.29) is 6.10 Å². The van der Waals surface area contributed by atoms with Crippen molar-refractivity contribution in [3.63, 3.8) is 0 Å². The Morgan fingerprint density at radius 1 is 1.19 bits per heavy atom. The Bertz CT molecular complexity index is 841. The number of ether oxygens (including phenoxy) is 1. The summed E-state index contributed by atoms with van der Waals surface area (Å²) in [6.07, 6.45) is 14.0. The lowest BCUT2D eigenvalue weighted by Gasteiger charge is -2.19. The molecule has 0 fully saturated rings. The predicted octanol–water partition coefficient (Wildman–Crippen LogP) is 4.54. The number of hydrogen-bond acceptors (Lipinski definition) is 4. The van der Waals surface area contributed by atoms with E-state index in [0.29, 0.717) is 23.6 Å². The highest BCUT2D eigenvalue weighted by Crippen LogP contribution is 2.28. The zero-order valence-corrected chi connectivity index (χ0v) is 15.6. The van der Waals surface area contributed by atoms with Crippen molar-refractivity contribution in [3.05, 3.63) is 89.8 Å². The molecule has 3 N–H and O–H groups in total. The molecule has 140 valence electrons. The highest BCUT2D eigenvalue weighted by molar-refractivity contribution is 5.54. The number of aliphatic hydroxyl groups is 1. The van der Waals surface area contributed by atoms with Crippen molar-refractivity contribution >= 4 is 5.69 Å². The van der Waals surface area contributed by atoms with Crippen LogP contribution in [-0.4, -0.2) is 16.2 Å². The number of rotatable bonds is 6. The highest BCUT2D eigenvalue weighted by Gasteiger charge is 2.14. The number of allylic oxidation sites excluding steroid dienone is 4. The molecule has 1 aliphatic rings. The van der Waals surface area contributed by atoms with Gasteiger partial charge in [-0.2, -0.15) is 0 Å². The molecule has 0 amide bonds. The number of pyridine rings is 1. The molecule has 1 aromatic carbocycles. The third-order valence-corrected chi connectivity index (χ3v) is 4.54. The second-order valence-electron chi connectivity index (χ2n) is 6.68. The van der Waals surface area contributed by atoms with Crippen molar-refractivity contribution in [2.45, 2.75) is 38.4 Å². The molecule has 1 heterocycles. The van der Waals surface area contributed by atoms with E-state index in [1.165, 1.54) is 0 Å². The van der Waals surface area contributed by atoms with Gasteiger partial charge in [-0.3, -0.25) is 4.98 Å². The molecule has 0 saturated carbocycles. The molecule has 0 aliphatic heterocycles. The molecule has 0 radical (unpaired) electrons. The van der Waals surface area contributed by atoms with Gasteiger partial charge in [-0.15, -0.1) is 0 Å². The van der Waals surface area contributed by atoms with E-state index in [9.17, 15) is 5.11 Å². The Morgan fingerprint density at radius 2 is 2.04 bits per heavy atom. The maximum absolute atomic E-state index is 10.4. The van der Waals surface area contributed by atoms with Gasteiger partial charge < -0.3 is 15.6 Å². The lowest BCUT2D eigenvalue weighted by Crippen LogP contribution is -2.15. The second-order valence-corrected chi connectivity index (χ2v) is 6.68. The third-order valence-electron chi connectivity index (χ3n) is 4.54. The standard InChI is InChI=1S/C23H26N2O2/c1-17(19-9-5-3-2-4-6-10-19)27-23-16-18(12-13-20(23)24)15-22(26)21-11-7-8-14-25-21/h3,5-14,16-17,22,26H,2,4,15,24H2,1H3/b5-3-,10-6-,19-9+. The summed E-state index contributed by atoms with van der Waals surface area (Å²) in [6, 6.07) is 11.2. The Labute approximate surface area is 160 Å². The van der Waals surface area contributed by atoms with Crippen LogP contribution < -0.4 is 10.5 Å². The molecule has 2 aromatic rings. The zero-order valence-electron chi connectivity index (χ0n) is 15.6. The van der Waals surface area contributed by atoms with Crippen LogP contribution in [-0.2, 0) is 6.42 Å². The number of nitrogens with two attached hydrogens (primary N) is 1. The minimum Gasteiger partial charge on any atom is -0.484 e. The SMILES string of the molecule is CC(Oc1cc(CC(O)c2ccccn2)ccc1N)C1=C/C=C\CC/C=C\1. The van der Waals surface area contributed by atoms with Gasteiger partial charge in [0.05, 0.1) is 17.5 Å². The first-order chi connectivity index (χ1) is 13.1. The number of aromatic nitrogens is 1. The van der Waals surface area contributed by atoms with Gasteiger partial charge >= 0.3 is 0 Å². The van der Waals surface area contributed by atoms with E-state index < -0.39 is 6.10 Å². The normalized spacial score (nSPS) is 20.4. The van der Waals surface area contributed by atoms with E-state index in [0.717, 1.165) is 24.0 Å². The molecular formula is C23H26N2O2. The van der Waals surface area contributed by atoms with Gasteiger partial charge in [-0.25, -0.2) is 0 Å². The lowest BCUT2D eigenvalue weighted by molar-refractivity contribution is 0.173. The molecule has 0 spiro atoms. The average Bonchev–Trinajstić information content (AvgIpc) is 2.65. The largest absolute Gasteiger partial charge is 0.484 e. The van der Waals surface area contributed by atoms with Crippen molar-refractivity contribution < 1.29 is 9.84 Å². The Balaban J connectivity index is 1.73. The topological polar surface area (TPSA) is 68.4 Å². The van der Waals surface area contributed by atoms with E-state index in [1.54, 1.807) is 6.20 Å². The van der Waals surface area contributed by atoms with E-state index in [2.05, 4.69) is 35.4 Å². The zero-order chi connectivity index (χ0) is 19.1. The number of aliphatic hydroxyl groups excluding tert-OH is 1. The summed E-state index contributed by atoms with van der Waals surface area (Å²) in [5.74, 6) is 0.633. The van der Waals surface area contributed by atoms with Crippen LogP contribution in [0.4, 0.5) is 5.69 Å². The van der Waals surface area contributed by atoms with Crippen molar-refractivity contribution in [2.24, 2.45) is 0 Å². The van der Waals surface area contributed by atoms with E-state index >= 15 is 0 Å². The fraction of sp³-hybridized carbons (Fsp3) is 0.261.